The quantitative estimate of drug-likeness (QED) is 0.603. The molecule has 8 heteroatoms. The minimum absolute atomic E-state index is 0.0520. The molecule has 0 heterocycles. The van der Waals surface area contributed by atoms with E-state index in [1.54, 1.807) is 24.3 Å². The molecule has 0 saturated carbocycles. The smallest absolute Gasteiger partial charge is 0.268 e. The summed E-state index contributed by atoms with van der Waals surface area (Å²) >= 11 is 12.2. The Morgan fingerprint density at radius 1 is 1.17 bits per heavy atom. The molecule has 0 aromatic heterocycles. The fourth-order valence-corrected chi connectivity index (χ4v) is 2.46. The molecule has 5 nitrogen and oxygen atoms in total. The fourth-order valence-electron chi connectivity index (χ4n) is 1.79. The van der Waals surface area contributed by atoms with Gasteiger partial charge in [-0.25, -0.2) is 0 Å². The lowest BCUT2D eigenvalue weighted by atomic mass is 9.97. The van der Waals surface area contributed by atoms with Crippen LogP contribution < -0.4 is 0 Å². The Morgan fingerprint density at radius 3 is 2.39 bits per heavy atom. The van der Waals surface area contributed by atoms with E-state index in [2.05, 4.69) is 15.5 Å². The van der Waals surface area contributed by atoms with Crippen molar-refractivity contribution in [1.29, 1.82) is 5.26 Å². The first kappa shape index (κ1) is 17.3. The zero-order valence-corrected chi connectivity index (χ0v) is 14.2. The van der Waals surface area contributed by atoms with Gasteiger partial charge in [0.15, 0.2) is 0 Å². The van der Waals surface area contributed by atoms with Crippen molar-refractivity contribution in [2.45, 2.75) is 0 Å². The largest absolute Gasteiger partial charge is 0.325 e. The molecule has 0 radical (unpaired) electrons. The number of hydrogen-bond donors (Lipinski definition) is 0. The third kappa shape index (κ3) is 4.45. The molecular formula is C15H10Cl2N2O3S. The van der Waals surface area contributed by atoms with Gasteiger partial charge < -0.3 is 0 Å². The number of allylic oxidation sites excluding steroid dienone is 6. The molecule has 0 bridgehead atoms. The first-order valence-corrected chi connectivity index (χ1v) is 8.80. The molecule has 1 aromatic carbocycles. The van der Waals surface area contributed by atoms with Gasteiger partial charge in [-0.05, 0) is 17.7 Å². The van der Waals surface area contributed by atoms with Crippen molar-refractivity contribution in [3.63, 3.8) is 0 Å². The second-order valence-corrected chi connectivity index (χ2v) is 6.88. The van der Waals surface area contributed by atoms with Crippen LogP contribution in [0.25, 0.3) is 5.57 Å². The molecule has 0 saturated heterocycles. The van der Waals surface area contributed by atoms with Gasteiger partial charge in [0.2, 0.25) is 0 Å². The van der Waals surface area contributed by atoms with Gasteiger partial charge in [0.25, 0.3) is 0 Å². The summed E-state index contributed by atoms with van der Waals surface area (Å²) < 4.78 is 26.3. The summed E-state index contributed by atoms with van der Waals surface area (Å²) in [4.78, 5) is 0. The monoisotopic (exact) mass is 368 g/mol. The van der Waals surface area contributed by atoms with Crippen molar-refractivity contribution in [1.82, 2.24) is 0 Å². The van der Waals surface area contributed by atoms with Crippen LogP contribution in [0, 0.1) is 11.3 Å². The van der Waals surface area contributed by atoms with Crippen molar-refractivity contribution in [3.8, 4) is 6.07 Å². The second kappa shape index (κ2) is 7.01. The Kier molecular flexibility index (Phi) is 5.26. The maximum Gasteiger partial charge on any atom is 0.325 e. The summed E-state index contributed by atoms with van der Waals surface area (Å²) in [5, 5.41) is 13.2. The lowest BCUT2D eigenvalue weighted by Gasteiger charge is -2.12. The maximum absolute atomic E-state index is 11.0. The van der Waals surface area contributed by atoms with Crippen LogP contribution >= 0.6 is 23.2 Å². The first-order valence-electron chi connectivity index (χ1n) is 6.23. The summed E-state index contributed by atoms with van der Waals surface area (Å²) in [6, 6.07) is 11.1. The van der Waals surface area contributed by atoms with Gasteiger partial charge in [0.05, 0.1) is 21.9 Å². The van der Waals surface area contributed by atoms with Gasteiger partial charge >= 0.3 is 10.1 Å². The van der Waals surface area contributed by atoms with Crippen molar-refractivity contribution >= 4 is 44.6 Å². The molecule has 118 valence electrons. The topological polar surface area (TPSA) is 79.5 Å². The normalized spacial score (nSPS) is 18.8. The number of benzene rings is 1. The summed E-state index contributed by atoms with van der Waals surface area (Å²) in [7, 11) is -3.75. The predicted molar refractivity (Wildman–Crippen MR) is 90.2 cm³/mol. The van der Waals surface area contributed by atoms with Crippen LogP contribution in [0.3, 0.4) is 0 Å². The highest BCUT2D eigenvalue weighted by Crippen LogP contribution is 2.32. The summed E-state index contributed by atoms with van der Waals surface area (Å²) in [6.45, 7) is 0. The minimum Gasteiger partial charge on any atom is -0.268 e. The highest BCUT2D eigenvalue weighted by molar-refractivity contribution is 7.85. The predicted octanol–water partition coefficient (Wildman–Crippen LogP) is 3.55. The third-order valence-electron chi connectivity index (χ3n) is 2.75. The second-order valence-electron chi connectivity index (χ2n) is 4.51. The third-order valence-corrected chi connectivity index (χ3v) is 3.71. The van der Waals surface area contributed by atoms with E-state index in [1.807, 2.05) is 6.07 Å². The van der Waals surface area contributed by atoms with Crippen molar-refractivity contribution < 1.29 is 12.7 Å². The van der Waals surface area contributed by atoms with E-state index < -0.39 is 10.1 Å². The molecule has 23 heavy (non-hydrogen) atoms. The van der Waals surface area contributed by atoms with Crippen LogP contribution in [-0.2, 0) is 14.4 Å². The summed E-state index contributed by atoms with van der Waals surface area (Å²) in [5.74, 6) is 0. The molecular weight excluding hydrogens is 359 g/mol. The summed E-state index contributed by atoms with van der Waals surface area (Å²) in [6.07, 6.45) is 3.64. The number of hydrogen-bond acceptors (Lipinski definition) is 5. The van der Waals surface area contributed by atoms with E-state index in [-0.39, 0.29) is 15.8 Å². The number of nitriles is 1. The average Bonchev–Trinajstić information content (AvgIpc) is 2.50. The Hall–Kier alpha value is -2.07. The number of rotatable bonds is 3. The lowest BCUT2D eigenvalue weighted by molar-refractivity contribution is 0.344. The number of oxime groups is 1. The molecule has 0 amide bonds. The molecule has 0 atom stereocenters. The molecule has 0 aliphatic heterocycles. The van der Waals surface area contributed by atoms with Crippen LogP contribution in [0.5, 0.6) is 0 Å². The zero-order chi connectivity index (χ0) is 17.0. The Labute approximate surface area is 143 Å². The number of halogens is 2. The van der Waals surface area contributed by atoms with E-state index in [0.29, 0.717) is 16.7 Å². The van der Waals surface area contributed by atoms with E-state index in [1.165, 1.54) is 12.2 Å². The molecule has 2 rings (SSSR count). The van der Waals surface area contributed by atoms with Gasteiger partial charge in [-0.1, -0.05) is 58.7 Å². The van der Waals surface area contributed by atoms with Crippen LogP contribution in [-0.4, -0.2) is 20.4 Å². The van der Waals surface area contributed by atoms with Crippen molar-refractivity contribution in [2.24, 2.45) is 5.16 Å². The molecule has 0 unspecified atom stereocenters. The molecule has 1 aromatic rings. The van der Waals surface area contributed by atoms with E-state index in [4.69, 9.17) is 23.2 Å². The number of nitrogens with zero attached hydrogens (tertiary/aromatic N) is 2. The highest BCUT2D eigenvalue weighted by atomic mass is 35.5. The molecule has 1 aliphatic rings. The Bertz CT molecular complexity index is 892. The zero-order valence-electron chi connectivity index (χ0n) is 11.8. The SMILES string of the molecule is CS(=O)(=O)O/N=C1C=C(Cl)/C(=C(/C#N)c2ccccc2)C=C/1Cl. The molecule has 0 N–H and O–H groups in total. The van der Waals surface area contributed by atoms with Gasteiger partial charge in [0, 0.05) is 5.57 Å². The van der Waals surface area contributed by atoms with E-state index >= 15 is 0 Å². The molecule has 0 fully saturated rings. The van der Waals surface area contributed by atoms with Gasteiger partial charge in [-0.2, -0.15) is 13.7 Å². The van der Waals surface area contributed by atoms with Crippen molar-refractivity contribution in [2.75, 3.05) is 6.26 Å². The fraction of sp³-hybridized carbons (Fsp3) is 0.0667. The van der Waals surface area contributed by atoms with Crippen LogP contribution in [0.2, 0.25) is 0 Å². The Balaban J connectivity index is 2.49. The van der Waals surface area contributed by atoms with Gasteiger partial charge in [0.1, 0.15) is 11.8 Å². The van der Waals surface area contributed by atoms with Gasteiger partial charge in [-0.15, -0.1) is 0 Å². The lowest BCUT2D eigenvalue weighted by Crippen LogP contribution is -2.06. The maximum atomic E-state index is 11.0. The minimum atomic E-state index is -3.75. The molecule has 1 aliphatic carbocycles. The Morgan fingerprint density at radius 2 is 1.83 bits per heavy atom. The summed E-state index contributed by atoms with van der Waals surface area (Å²) in [5.41, 5.74) is 1.50. The highest BCUT2D eigenvalue weighted by Gasteiger charge is 2.19. The van der Waals surface area contributed by atoms with Crippen LogP contribution in [0.1, 0.15) is 5.56 Å². The van der Waals surface area contributed by atoms with E-state index in [0.717, 1.165) is 6.26 Å². The average molecular weight is 369 g/mol. The van der Waals surface area contributed by atoms with Crippen molar-refractivity contribution in [3.05, 3.63) is 63.7 Å². The molecule has 0 spiro atoms. The van der Waals surface area contributed by atoms with Crippen LogP contribution in [0.15, 0.2) is 63.3 Å². The van der Waals surface area contributed by atoms with Crippen LogP contribution in [0.4, 0.5) is 0 Å². The van der Waals surface area contributed by atoms with E-state index in [9.17, 15) is 13.7 Å². The van der Waals surface area contributed by atoms with Gasteiger partial charge in [-0.3, -0.25) is 4.28 Å². The first-order chi connectivity index (χ1) is 10.8. The standard InChI is InChI=1S/C15H10Cl2N2O3S/c1-23(20,21)22-19-15-8-13(16)11(7-14(15)17)12(9-18)10-5-3-2-4-6-10/h2-8H,1H3/b12-11-,19-15-.